The van der Waals surface area contributed by atoms with Gasteiger partial charge < -0.3 is 4.74 Å². The fourth-order valence-electron chi connectivity index (χ4n) is 1.50. The minimum absolute atomic E-state index is 0.0946. The predicted molar refractivity (Wildman–Crippen MR) is 80.4 cm³/mol. The van der Waals surface area contributed by atoms with Crippen molar-refractivity contribution in [3.63, 3.8) is 0 Å². The summed E-state index contributed by atoms with van der Waals surface area (Å²) in [5, 5.41) is 0.928. The SMILES string of the molecule is O=C(COc1cc(Cl)ccc1Cl)c1ccccc1Br. The number of ketones is 1. The number of Topliss-reactive ketones (excluding diaryl/α,β-unsaturated/α-hetero) is 1. The van der Waals surface area contributed by atoms with E-state index in [9.17, 15) is 4.79 Å². The van der Waals surface area contributed by atoms with Crippen LogP contribution in [-0.2, 0) is 0 Å². The summed E-state index contributed by atoms with van der Waals surface area (Å²) < 4.78 is 6.14. The van der Waals surface area contributed by atoms with Gasteiger partial charge in [0.05, 0.1) is 5.02 Å². The van der Waals surface area contributed by atoms with Gasteiger partial charge in [0.25, 0.3) is 0 Å². The van der Waals surface area contributed by atoms with Crippen molar-refractivity contribution in [2.45, 2.75) is 0 Å². The van der Waals surface area contributed by atoms with Gasteiger partial charge in [-0.15, -0.1) is 0 Å². The molecular formula is C14H9BrCl2O2. The van der Waals surface area contributed by atoms with Crippen molar-refractivity contribution >= 4 is 44.9 Å². The molecule has 0 saturated carbocycles. The molecule has 2 rings (SSSR count). The lowest BCUT2D eigenvalue weighted by Crippen LogP contribution is -2.12. The quantitative estimate of drug-likeness (QED) is 0.716. The van der Waals surface area contributed by atoms with E-state index in [1.165, 1.54) is 0 Å². The highest BCUT2D eigenvalue weighted by Crippen LogP contribution is 2.28. The van der Waals surface area contributed by atoms with E-state index in [1.54, 1.807) is 36.4 Å². The van der Waals surface area contributed by atoms with Gasteiger partial charge in [-0.1, -0.05) is 57.3 Å². The van der Waals surface area contributed by atoms with Crippen molar-refractivity contribution in [1.29, 1.82) is 0 Å². The maximum atomic E-state index is 12.0. The molecule has 0 N–H and O–H groups in total. The van der Waals surface area contributed by atoms with E-state index in [0.29, 0.717) is 21.4 Å². The van der Waals surface area contributed by atoms with E-state index < -0.39 is 0 Å². The Labute approximate surface area is 129 Å². The summed E-state index contributed by atoms with van der Waals surface area (Å²) in [5.74, 6) is 0.262. The number of hydrogen-bond donors (Lipinski definition) is 0. The maximum Gasteiger partial charge on any atom is 0.201 e. The highest BCUT2D eigenvalue weighted by atomic mass is 79.9. The summed E-state index contributed by atoms with van der Waals surface area (Å²) in [7, 11) is 0. The molecule has 5 heteroatoms. The van der Waals surface area contributed by atoms with Gasteiger partial charge in [0.1, 0.15) is 5.75 Å². The first kappa shape index (κ1) is 14.4. The first-order valence-corrected chi connectivity index (χ1v) is 6.98. The number of ether oxygens (including phenoxy) is 1. The second kappa shape index (κ2) is 6.42. The normalized spacial score (nSPS) is 10.3. The maximum absolute atomic E-state index is 12.0. The lowest BCUT2D eigenvalue weighted by atomic mass is 10.1. The van der Waals surface area contributed by atoms with Crippen LogP contribution in [0.3, 0.4) is 0 Å². The smallest absolute Gasteiger partial charge is 0.201 e. The van der Waals surface area contributed by atoms with Gasteiger partial charge >= 0.3 is 0 Å². The number of rotatable bonds is 4. The van der Waals surface area contributed by atoms with Crippen LogP contribution in [0.4, 0.5) is 0 Å². The average Bonchev–Trinajstić information content (AvgIpc) is 2.40. The number of carbonyl (C=O) groups excluding carboxylic acids is 1. The van der Waals surface area contributed by atoms with Crippen LogP contribution in [0.2, 0.25) is 10.0 Å². The molecule has 0 aliphatic rings. The minimum atomic E-state index is -0.136. The third kappa shape index (κ3) is 3.72. The largest absolute Gasteiger partial charge is 0.484 e. The summed E-state index contributed by atoms with van der Waals surface area (Å²) in [6.45, 7) is -0.0946. The van der Waals surface area contributed by atoms with Crippen LogP contribution in [0.15, 0.2) is 46.9 Å². The Bertz CT molecular complexity index is 614. The topological polar surface area (TPSA) is 26.3 Å². The molecule has 0 heterocycles. The Morgan fingerprint density at radius 3 is 2.63 bits per heavy atom. The highest BCUT2D eigenvalue weighted by Gasteiger charge is 2.11. The van der Waals surface area contributed by atoms with Crippen LogP contribution in [-0.4, -0.2) is 12.4 Å². The molecule has 0 aliphatic heterocycles. The van der Waals surface area contributed by atoms with Crippen LogP contribution in [0.25, 0.3) is 0 Å². The van der Waals surface area contributed by atoms with E-state index in [2.05, 4.69) is 15.9 Å². The Balaban J connectivity index is 2.09. The molecule has 2 nitrogen and oxygen atoms in total. The van der Waals surface area contributed by atoms with Gasteiger partial charge in [-0.2, -0.15) is 0 Å². The molecule has 2 aromatic rings. The summed E-state index contributed by atoms with van der Waals surface area (Å²) in [6, 6.07) is 12.0. The Hall–Kier alpha value is -1.03. The molecule has 0 bridgehead atoms. The van der Waals surface area contributed by atoms with Gasteiger partial charge in [-0.25, -0.2) is 0 Å². The van der Waals surface area contributed by atoms with Gasteiger partial charge in [-0.05, 0) is 18.2 Å². The van der Waals surface area contributed by atoms with Crippen LogP contribution in [0.1, 0.15) is 10.4 Å². The van der Waals surface area contributed by atoms with Crippen molar-refractivity contribution in [2.24, 2.45) is 0 Å². The lowest BCUT2D eigenvalue weighted by Gasteiger charge is -2.08. The van der Waals surface area contributed by atoms with Crippen LogP contribution in [0, 0.1) is 0 Å². The fourth-order valence-corrected chi connectivity index (χ4v) is 2.34. The molecule has 0 fully saturated rings. The van der Waals surface area contributed by atoms with Crippen molar-refractivity contribution in [3.8, 4) is 5.75 Å². The minimum Gasteiger partial charge on any atom is -0.484 e. The molecule has 19 heavy (non-hydrogen) atoms. The van der Waals surface area contributed by atoms with Gasteiger partial charge in [-0.3, -0.25) is 4.79 Å². The van der Waals surface area contributed by atoms with E-state index in [-0.39, 0.29) is 12.4 Å². The Morgan fingerprint density at radius 2 is 1.89 bits per heavy atom. The van der Waals surface area contributed by atoms with E-state index in [1.807, 2.05) is 6.07 Å². The monoisotopic (exact) mass is 358 g/mol. The fraction of sp³-hybridized carbons (Fsp3) is 0.0714. The lowest BCUT2D eigenvalue weighted by molar-refractivity contribution is 0.0921. The number of benzene rings is 2. The molecule has 98 valence electrons. The number of halogens is 3. The van der Waals surface area contributed by atoms with E-state index in [0.717, 1.165) is 4.47 Å². The standard InChI is InChI=1S/C14H9BrCl2O2/c15-11-4-2-1-3-10(11)13(18)8-19-14-7-9(16)5-6-12(14)17/h1-7H,8H2. The van der Waals surface area contributed by atoms with Crippen molar-refractivity contribution < 1.29 is 9.53 Å². The van der Waals surface area contributed by atoms with Crippen LogP contribution in [0.5, 0.6) is 5.75 Å². The highest BCUT2D eigenvalue weighted by molar-refractivity contribution is 9.10. The molecule has 0 aromatic heterocycles. The molecule has 0 amide bonds. The third-order valence-corrected chi connectivity index (χ3v) is 3.67. The first-order chi connectivity index (χ1) is 9.08. The van der Waals surface area contributed by atoms with Gasteiger partial charge in [0, 0.05) is 21.1 Å². The van der Waals surface area contributed by atoms with Gasteiger partial charge in [0.2, 0.25) is 5.78 Å². The summed E-state index contributed by atoms with van der Waals surface area (Å²) in [4.78, 5) is 12.0. The molecule has 0 aliphatic carbocycles. The summed E-state index contributed by atoms with van der Waals surface area (Å²) >= 11 is 15.1. The molecule has 0 atom stereocenters. The second-order valence-electron chi connectivity index (χ2n) is 3.77. The first-order valence-electron chi connectivity index (χ1n) is 5.43. The predicted octanol–water partition coefficient (Wildman–Crippen LogP) is 5.02. The Kier molecular flexibility index (Phi) is 4.86. The molecule has 0 radical (unpaired) electrons. The molecule has 0 unspecified atom stereocenters. The Morgan fingerprint density at radius 1 is 1.16 bits per heavy atom. The second-order valence-corrected chi connectivity index (χ2v) is 5.46. The van der Waals surface area contributed by atoms with Crippen molar-refractivity contribution in [1.82, 2.24) is 0 Å². The molecule has 0 saturated heterocycles. The van der Waals surface area contributed by atoms with E-state index in [4.69, 9.17) is 27.9 Å². The third-order valence-electron chi connectivity index (χ3n) is 2.43. The molecule has 2 aromatic carbocycles. The molecule has 0 spiro atoms. The number of carbonyl (C=O) groups is 1. The zero-order valence-corrected chi connectivity index (χ0v) is 12.8. The average molecular weight is 360 g/mol. The van der Waals surface area contributed by atoms with Crippen LogP contribution < -0.4 is 4.74 Å². The van der Waals surface area contributed by atoms with Gasteiger partial charge in [0.15, 0.2) is 6.61 Å². The van der Waals surface area contributed by atoms with Crippen molar-refractivity contribution in [3.05, 3.63) is 62.5 Å². The van der Waals surface area contributed by atoms with Crippen LogP contribution >= 0.6 is 39.1 Å². The zero-order valence-electron chi connectivity index (χ0n) is 9.70. The van der Waals surface area contributed by atoms with Crippen molar-refractivity contribution in [2.75, 3.05) is 6.61 Å². The molecular weight excluding hydrogens is 351 g/mol. The zero-order chi connectivity index (χ0) is 13.8. The summed E-state index contributed by atoms with van der Waals surface area (Å²) in [5.41, 5.74) is 0.570. The number of hydrogen-bond acceptors (Lipinski definition) is 2. The van der Waals surface area contributed by atoms with E-state index >= 15 is 0 Å². The summed E-state index contributed by atoms with van der Waals surface area (Å²) in [6.07, 6.45) is 0.